The molecule has 0 aliphatic carbocycles. The average molecular weight is 437 g/mol. The second-order valence-electron chi connectivity index (χ2n) is 8.90. The minimum atomic E-state index is -0.0456. The fourth-order valence-electron chi connectivity index (χ4n) is 4.53. The maximum Gasteiger partial charge on any atom is 0.252 e. The maximum absolute atomic E-state index is 13.2. The number of nitrogens with zero attached hydrogens (tertiary/aromatic N) is 3. The van der Waals surface area contributed by atoms with Gasteiger partial charge in [-0.2, -0.15) is 0 Å². The van der Waals surface area contributed by atoms with E-state index in [-0.39, 0.29) is 5.91 Å². The van der Waals surface area contributed by atoms with Gasteiger partial charge in [-0.05, 0) is 55.6 Å². The van der Waals surface area contributed by atoms with E-state index in [0.717, 1.165) is 48.2 Å². The van der Waals surface area contributed by atoms with Gasteiger partial charge in [0, 0.05) is 43.0 Å². The Kier molecular flexibility index (Phi) is 6.13. The lowest BCUT2D eigenvalue weighted by Crippen LogP contribution is -2.31. The Morgan fingerprint density at radius 2 is 1.94 bits per heavy atom. The van der Waals surface area contributed by atoms with Crippen molar-refractivity contribution in [2.45, 2.75) is 19.9 Å². The molecule has 4 aromatic rings. The fourth-order valence-corrected chi connectivity index (χ4v) is 4.53. The molecule has 3 heterocycles. The minimum Gasteiger partial charge on any atom is -0.352 e. The molecule has 5 heteroatoms. The number of aromatic nitrogens is 2. The van der Waals surface area contributed by atoms with Gasteiger partial charge in [0.25, 0.3) is 5.91 Å². The molecule has 5 nitrogen and oxygen atoms in total. The number of benzene rings is 2. The first-order chi connectivity index (χ1) is 16.2. The normalized spacial score (nSPS) is 16.2. The molecular formula is C28H28N4O. The highest BCUT2D eigenvalue weighted by Crippen LogP contribution is 2.25. The van der Waals surface area contributed by atoms with Crippen LogP contribution in [0.4, 0.5) is 0 Å². The number of amides is 1. The van der Waals surface area contributed by atoms with Crippen molar-refractivity contribution in [3.8, 4) is 11.3 Å². The lowest BCUT2D eigenvalue weighted by Gasteiger charge is -2.17. The van der Waals surface area contributed by atoms with Crippen molar-refractivity contribution < 1.29 is 4.79 Å². The quantitative estimate of drug-likeness (QED) is 0.469. The average Bonchev–Trinajstić information content (AvgIpc) is 3.31. The molecule has 1 saturated heterocycles. The van der Waals surface area contributed by atoms with Gasteiger partial charge >= 0.3 is 0 Å². The fraction of sp³-hybridized carbons (Fsp3) is 0.250. The Labute approximate surface area is 194 Å². The van der Waals surface area contributed by atoms with E-state index in [0.29, 0.717) is 18.0 Å². The van der Waals surface area contributed by atoms with Gasteiger partial charge in [-0.25, -0.2) is 4.98 Å². The second-order valence-corrected chi connectivity index (χ2v) is 8.90. The van der Waals surface area contributed by atoms with E-state index in [1.807, 2.05) is 42.5 Å². The molecule has 166 valence electrons. The van der Waals surface area contributed by atoms with E-state index in [1.54, 1.807) is 12.4 Å². The number of carbonyl (C=O) groups excluding carboxylic acids is 1. The highest BCUT2D eigenvalue weighted by atomic mass is 16.1. The van der Waals surface area contributed by atoms with Crippen molar-refractivity contribution in [1.82, 2.24) is 20.2 Å². The predicted octanol–water partition coefficient (Wildman–Crippen LogP) is 4.86. The number of fused-ring (bicyclic) bond motifs is 1. The number of para-hydroxylation sites is 1. The molecule has 0 spiro atoms. The molecule has 1 N–H and O–H groups in total. The Hall–Kier alpha value is -3.57. The summed E-state index contributed by atoms with van der Waals surface area (Å²) in [6.45, 7) is 5.84. The summed E-state index contributed by atoms with van der Waals surface area (Å²) < 4.78 is 0. The summed E-state index contributed by atoms with van der Waals surface area (Å²) >= 11 is 0. The number of pyridine rings is 2. The van der Waals surface area contributed by atoms with Gasteiger partial charge in [-0.1, -0.05) is 48.0 Å². The van der Waals surface area contributed by atoms with Crippen molar-refractivity contribution in [3.05, 3.63) is 95.8 Å². The van der Waals surface area contributed by atoms with Crippen LogP contribution in [0.5, 0.6) is 0 Å². The van der Waals surface area contributed by atoms with Crippen LogP contribution in [-0.4, -0.2) is 40.4 Å². The zero-order valence-electron chi connectivity index (χ0n) is 18.9. The largest absolute Gasteiger partial charge is 0.352 e. The van der Waals surface area contributed by atoms with Crippen molar-refractivity contribution in [1.29, 1.82) is 0 Å². The van der Waals surface area contributed by atoms with Gasteiger partial charge in [0.2, 0.25) is 0 Å². The van der Waals surface area contributed by atoms with E-state index in [4.69, 9.17) is 4.98 Å². The first-order valence-electron chi connectivity index (χ1n) is 11.5. The van der Waals surface area contributed by atoms with Crippen LogP contribution in [0.3, 0.4) is 0 Å². The number of carbonyl (C=O) groups is 1. The molecule has 1 aliphatic rings. The van der Waals surface area contributed by atoms with Crippen LogP contribution < -0.4 is 5.32 Å². The van der Waals surface area contributed by atoms with Crippen LogP contribution in [0, 0.1) is 12.8 Å². The zero-order valence-corrected chi connectivity index (χ0v) is 18.9. The van der Waals surface area contributed by atoms with Gasteiger partial charge < -0.3 is 5.32 Å². The SMILES string of the molecule is Cc1ccc(CN2CC[C@H](CNC(=O)c3cc(-c4cccnc4)nc4ccccc34)C2)cc1. The third-order valence-electron chi connectivity index (χ3n) is 6.37. The Balaban J connectivity index is 1.27. The molecule has 1 atom stereocenters. The summed E-state index contributed by atoms with van der Waals surface area (Å²) in [5.41, 5.74) is 5.77. The standard InChI is InChI=1S/C28H28N4O/c1-20-8-10-21(11-9-20)18-32-14-12-22(19-32)16-30-28(33)25-15-27(23-5-4-13-29-17-23)31-26-7-3-2-6-24(25)26/h2-11,13,15,17,22H,12,14,16,18-19H2,1H3,(H,30,33)/t22-/m1/s1. The van der Waals surface area contributed by atoms with Crippen LogP contribution in [0.25, 0.3) is 22.2 Å². The number of nitrogens with one attached hydrogen (secondary N) is 1. The molecule has 1 amide bonds. The van der Waals surface area contributed by atoms with E-state index < -0.39 is 0 Å². The first kappa shape index (κ1) is 21.3. The summed E-state index contributed by atoms with van der Waals surface area (Å²) in [5, 5.41) is 4.07. The van der Waals surface area contributed by atoms with Gasteiger partial charge in [-0.3, -0.25) is 14.7 Å². The number of aryl methyl sites for hydroxylation is 1. The maximum atomic E-state index is 13.2. The van der Waals surface area contributed by atoms with Crippen LogP contribution in [0.1, 0.15) is 27.9 Å². The minimum absolute atomic E-state index is 0.0456. The smallest absolute Gasteiger partial charge is 0.252 e. The lowest BCUT2D eigenvalue weighted by atomic mass is 10.0. The van der Waals surface area contributed by atoms with Crippen LogP contribution in [-0.2, 0) is 6.54 Å². The second kappa shape index (κ2) is 9.51. The highest BCUT2D eigenvalue weighted by molar-refractivity contribution is 6.07. The summed E-state index contributed by atoms with van der Waals surface area (Å²) in [6, 6.07) is 22.3. The Morgan fingerprint density at radius 1 is 1.09 bits per heavy atom. The first-order valence-corrected chi connectivity index (χ1v) is 11.5. The van der Waals surface area contributed by atoms with Crippen LogP contribution in [0.2, 0.25) is 0 Å². The van der Waals surface area contributed by atoms with Gasteiger partial charge in [0.15, 0.2) is 0 Å². The predicted molar refractivity (Wildman–Crippen MR) is 132 cm³/mol. The number of hydrogen-bond acceptors (Lipinski definition) is 4. The Morgan fingerprint density at radius 3 is 2.76 bits per heavy atom. The van der Waals surface area contributed by atoms with Crippen molar-refractivity contribution in [2.75, 3.05) is 19.6 Å². The molecule has 0 unspecified atom stereocenters. The van der Waals surface area contributed by atoms with Crippen molar-refractivity contribution >= 4 is 16.8 Å². The summed E-state index contributed by atoms with van der Waals surface area (Å²) in [6.07, 6.45) is 4.62. The zero-order chi connectivity index (χ0) is 22.6. The molecule has 0 bridgehead atoms. The summed E-state index contributed by atoms with van der Waals surface area (Å²) in [7, 11) is 0. The molecule has 33 heavy (non-hydrogen) atoms. The van der Waals surface area contributed by atoms with Crippen LogP contribution >= 0.6 is 0 Å². The monoisotopic (exact) mass is 436 g/mol. The Bertz CT molecular complexity index is 1250. The molecule has 2 aromatic carbocycles. The van der Waals surface area contributed by atoms with Gasteiger partial charge in [0.05, 0.1) is 16.8 Å². The lowest BCUT2D eigenvalue weighted by molar-refractivity contribution is 0.0949. The number of rotatable bonds is 6. The third kappa shape index (κ3) is 4.94. The molecule has 0 radical (unpaired) electrons. The molecular weight excluding hydrogens is 408 g/mol. The van der Waals surface area contributed by atoms with E-state index in [1.165, 1.54) is 11.1 Å². The van der Waals surface area contributed by atoms with Gasteiger partial charge in [0.1, 0.15) is 0 Å². The molecule has 0 saturated carbocycles. The van der Waals surface area contributed by atoms with Crippen molar-refractivity contribution in [3.63, 3.8) is 0 Å². The third-order valence-corrected chi connectivity index (χ3v) is 6.37. The van der Waals surface area contributed by atoms with Crippen LogP contribution in [0.15, 0.2) is 79.1 Å². The van der Waals surface area contributed by atoms with Gasteiger partial charge in [-0.15, -0.1) is 0 Å². The highest BCUT2D eigenvalue weighted by Gasteiger charge is 2.23. The summed E-state index contributed by atoms with van der Waals surface area (Å²) in [5.74, 6) is 0.418. The molecule has 1 fully saturated rings. The molecule has 1 aliphatic heterocycles. The molecule has 2 aromatic heterocycles. The number of hydrogen-bond donors (Lipinski definition) is 1. The summed E-state index contributed by atoms with van der Waals surface area (Å²) in [4.78, 5) is 24.7. The van der Waals surface area contributed by atoms with E-state index >= 15 is 0 Å². The van der Waals surface area contributed by atoms with Crippen molar-refractivity contribution in [2.24, 2.45) is 5.92 Å². The topological polar surface area (TPSA) is 58.1 Å². The molecule has 5 rings (SSSR count). The number of likely N-dealkylation sites (tertiary alicyclic amines) is 1. The van der Waals surface area contributed by atoms with E-state index in [2.05, 4.69) is 46.4 Å². The van der Waals surface area contributed by atoms with E-state index in [9.17, 15) is 4.79 Å².